The first-order chi connectivity index (χ1) is 7.19. The molecule has 0 saturated heterocycles. The van der Waals surface area contributed by atoms with Gasteiger partial charge in [0.05, 0.1) is 6.04 Å². The highest BCUT2D eigenvalue weighted by molar-refractivity contribution is 6.31. The first-order valence-electron chi connectivity index (χ1n) is 5.15. The average Bonchev–Trinajstić information content (AvgIpc) is 2.26. The van der Waals surface area contributed by atoms with Crippen LogP contribution in [0.1, 0.15) is 31.9 Å². The van der Waals surface area contributed by atoms with Crippen molar-refractivity contribution in [3.8, 4) is 12.3 Å². The molecule has 0 saturated carbocycles. The lowest BCUT2D eigenvalue weighted by atomic mass is 10.1. The van der Waals surface area contributed by atoms with Crippen LogP contribution < -0.4 is 5.32 Å². The number of hydrogen-bond donors (Lipinski definition) is 1. The Hall–Kier alpha value is -0.970. The second-order valence-electron chi connectivity index (χ2n) is 3.54. The number of rotatable bonds is 4. The predicted molar refractivity (Wildman–Crippen MR) is 65.9 cm³/mol. The molecule has 0 radical (unpaired) electrons. The number of hydrogen-bond acceptors (Lipinski definition) is 1. The first kappa shape index (κ1) is 12.1. The van der Waals surface area contributed by atoms with Gasteiger partial charge in [-0.05, 0) is 25.0 Å². The maximum atomic E-state index is 6.10. The van der Waals surface area contributed by atoms with Crippen LogP contribution >= 0.6 is 11.6 Å². The van der Waals surface area contributed by atoms with Crippen LogP contribution in [0.4, 0.5) is 0 Å². The van der Waals surface area contributed by atoms with Crippen LogP contribution in [0.15, 0.2) is 24.3 Å². The first-order valence-corrected chi connectivity index (χ1v) is 5.53. The standard InChI is InChI=1S/C13H16ClN/c1-4-11(5-2)15-10(3)12-8-6-7-9-13(12)14/h1,6-11,15H,5H2,2-3H3. The van der Waals surface area contributed by atoms with Gasteiger partial charge in [-0.3, -0.25) is 5.32 Å². The summed E-state index contributed by atoms with van der Waals surface area (Å²) in [6.45, 7) is 4.14. The highest BCUT2D eigenvalue weighted by atomic mass is 35.5. The molecule has 0 heterocycles. The smallest absolute Gasteiger partial charge is 0.0688 e. The van der Waals surface area contributed by atoms with E-state index in [1.807, 2.05) is 24.3 Å². The normalized spacial score (nSPS) is 14.3. The van der Waals surface area contributed by atoms with E-state index in [9.17, 15) is 0 Å². The molecule has 0 aliphatic rings. The van der Waals surface area contributed by atoms with E-state index in [0.717, 1.165) is 17.0 Å². The quantitative estimate of drug-likeness (QED) is 0.769. The predicted octanol–water partition coefficient (Wildman–Crippen LogP) is 3.40. The molecule has 2 unspecified atom stereocenters. The van der Waals surface area contributed by atoms with Crippen LogP contribution in [0.2, 0.25) is 5.02 Å². The number of benzene rings is 1. The van der Waals surface area contributed by atoms with Crippen LogP contribution in [-0.4, -0.2) is 6.04 Å². The molecule has 0 bridgehead atoms. The SMILES string of the molecule is C#CC(CC)NC(C)c1ccccc1Cl. The van der Waals surface area contributed by atoms with Gasteiger partial charge in [-0.1, -0.05) is 42.6 Å². The molecule has 1 rings (SSSR count). The van der Waals surface area contributed by atoms with Crippen molar-refractivity contribution in [2.75, 3.05) is 0 Å². The van der Waals surface area contributed by atoms with Gasteiger partial charge in [0, 0.05) is 11.1 Å². The van der Waals surface area contributed by atoms with Gasteiger partial charge in [0.15, 0.2) is 0 Å². The second-order valence-corrected chi connectivity index (χ2v) is 3.94. The lowest BCUT2D eigenvalue weighted by Crippen LogP contribution is -2.29. The van der Waals surface area contributed by atoms with Gasteiger partial charge in [0.1, 0.15) is 0 Å². The third kappa shape index (κ3) is 3.27. The summed E-state index contributed by atoms with van der Waals surface area (Å²) in [5.74, 6) is 2.72. The van der Waals surface area contributed by atoms with Gasteiger partial charge in [-0.15, -0.1) is 6.42 Å². The Bertz CT molecular complexity index is 354. The zero-order chi connectivity index (χ0) is 11.3. The number of terminal acetylenes is 1. The Kier molecular flexibility index (Phi) is 4.68. The van der Waals surface area contributed by atoms with E-state index in [2.05, 4.69) is 25.1 Å². The molecule has 2 atom stereocenters. The average molecular weight is 222 g/mol. The van der Waals surface area contributed by atoms with E-state index in [1.54, 1.807) is 0 Å². The van der Waals surface area contributed by atoms with E-state index < -0.39 is 0 Å². The maximum Gasteiger partial charge on any atom is 0.0688 e. The van der Waals surface area contributed by atoms with Crippen molar-refractivity contribution >= 4 is 11.6 Å². The number of halogens is 1. The molecule has 80 valence electrons. The summed E-state index contributed by atoms with van der Waals surface area (Å²) in [6, 6.07) is 8.11. The molecule has 2 heteroatoms. The molecule has 0 aliphatic carbocycles. The van der Waals surface area contributed by atoms with Crippen LogP contribution in [0.5, 0.6) is 0 Å². The van der Waals surface area contributed by atoms with E-state index in [0.29, 0.717) is 0 Å². The molecule has 0 amide bonds. The maximum absolute atomic E-state index is 6.10. The van der Waals surface area contributed by atoms with Crippen LogP contribution in [0.25, 0.3) is 0 Å². The highest BCUT2D eigenvalue weighted by Gasteiger charge is 2.11. The Morgan fingerprint density at radius 2 is 2.13 bits per heavy atom. The Labute approximate surface area is 96.8 Å². The summed E-state index contributed by atoms with van der Waals surface area (Å²) in [7, 11) is 0. The third-order valence-electron chi connectivity index (χ3n) is 2.43. The van der Waals surface area contributed by atoms with E-state index in [4.69, 9.17) is 18.0 Å². The van der Waals surface area contributed by atoms with Crippen molar-refractivity contribution in [1.82, 2.24) is 5.32 Å². The van der Waals surface area contributed by atoms with E-state index in [-0.39, 0.29) is 12.1 Å². The molecule has 0 fully saturated rings. The molecule has 1 nitrogen and oxygen atoms in total. The molecule has 0 aromatic heterocycles. The summed E-state index contributed by atoms with van der Waals surface area (Å²) in [5, 5.41) is 4.13. The topological polar surface area (TPSA) is 12.0 Å². The highest BCUT2D eigenvalue weighted by Crippen LogP contribution is 2.22. The second kappa shape index (κ2) is 5.80. The largest absolute Gasteiger partial charge is 0.297 e. The van der Waals surface area contributed by atoms with E-state index >= 15 is 0 Å². The van der Waals surface area contributed by atoms with Gasteiger partial charge < -0.3 is 0 Å². The fourth-order valence-corrected chi connectivity index (χ4v) is 1.80. The molecule has 0 aliphatic heterocycles. The summed E-state index contributed by atoms with van der Waals surface area (Å²) < 4.78 is 0. The Morgan fingerprint density at radius 3 is 2.67 bits per heavy atom. The fourth-order valence-electron chi connectivity index (χ4n) is 1.50. The minimum Gasteiger partial charge on any atom is -0.297 e. The van der Waals surface area contributed by atoms with Gasteiger partial charge in [-0.25, -0.2) is 0 Å². The van der Waals surface area contributed by atoms with E-state index in [1.165, 1.54) is 0 Å². The zero-order valence-corrected chi connectivity index (χ0v) is 9.88. The lowest BCUT2D eigenvalue weighted by Gasteiger charge is -2.19. The zero-order valence-electron chi connectivity index (χ0n) is 9.13. The van der Waals surface area contributed by atoms with Crippen LogP contribution in [0.3, 0.4) is 0 Å². The minimum atomic E-state index is 0.108. The van der Waals surface area contributed by atoms with Crippen molar-refractivity contribution in [1.29, 1.82) is 0 Å². The van der Waals surface area contributed by atoms with Gasteiger partial charge in [-0.2, -0.15) is 0 Å². The van der Waals surface area contributed by atoms with Gasteiger partial charge in [0.2, 0.25) is 0 Å². The lowest BCUT2D eigenvalue weighted by molar-refractivity contribution is 0.512. The van der Waals surface area contributed by atoms with Gasteiger partial charge in [0.25, 0.3) is 0 Å². The van der Waals surface area contributed by atoms with Crippen LogP contribution in [-0.2, 0) is 0 Å². The fraction of sp³-hybridized carbons (Fsp3) is 0.385. The summed E-state index contributed by atoms with van der Waals surface area (Å²) in [5.41, 5.74) is 1.09. The summed E-state index contributed by atoms with van der Waals surface area (Å²) in [6.07, 6.45) is 6.32. The van der Waals surface area contributed by atoms with Crippen molar-refractivity contribution < 1.29 is 0 Å². The summed E-state index contributed by atoms with van der Waals surface area (Å²) >= 11 is 6.10. The minimum absolute atomic E-state index is 0.108. The van der Waals surface area contributed by atoms with Crippen molar-refractivity contribution in [2.24, 2.45) is 0 Å². The van der Waals surface area contributed by atoms with Crippen molar-refractivity contribution in [3.05, 3.63) is 34.9 Å². The Morgan fingerprint density at radius 1 is 1.47 bits per heavy atom. The Balaban J connectivity index is 2.73. The summed E-state index contributed by atoms with van der Waals surface area (Å²) in [4.78, 5) is 0. The van der Waals surface area contributed by atoms with Gasteiger partial charge >= 0.3 is 0 Å². The molecular formula is C13H16ClN. The van der Waals surface area contributed by atoms with Crippen LogP contribution in [0, 0.1) is 12.3 Å². The monoisotopic (exact) mass is 221 g/mol. The van der Waals surface area contributed by atoms with Crippen molar-refractivity contribution in [2.45, 2.75) is 32.4 Å². The number of nitrogens with one attached hydrogen (secondary N) is 1. The molecule has 1 aromatic rings. The van der Waals surface area contributed by atoms with Crippen molar-refractivity contribution in [3.63, 3.8) is 0 Å². The molecule has 1 N–H and O–H groups in total. The molecule has 15 heavy (non-hydrogen) atoms. The molecular weight excluding hydrogens is 206 g/mol. The third-order valence-corrected chi connectivity index (χ3v) is 2.78. The molecule has 1 aromatic carbocycles. The molecule has 0 spiro atoms.